The number of carbonyl (C=O) groups excluding carboxylic acids is 2. The van der Waals surface area contributed by atoms with Crippen molar-refractivity contribution in [2.75, 3.05) is 51.8 Å². The Bertz CT molecular complexity index is 869. The number of benzene rings is 2. The maximum Gasteiger partial charge on any atom is 0.260 e. The van der Waals surface area contributed by atoms with Crippen molar-refractivity contribution in [2.45, 2.75) is 13.8 Å². The topological polar surface area (TPSA) is 53.1 Å². The molecule has 1 aliphatic heterocycles. The number of aryl methyl sites for hydroxylation is 2. The summed E-state index contributed by atoms with van der Waals surface area (Å²) < 4.78 is 5.71. The summed E-state index contributed by atoms with van der Waals surface area (Å²) in [6.45, 7) is 6.13. The van der Waals surface area contributed by atoms with E-state index >= 15 is 0 Å². The van der Waals surface area contributed by atoms with E-state index in [4.69, 9.17) is 4.74 Å². The second-order valence-electron chi connectivity index (χ2n) is 7.67. The van der Waals surface area contributed by atoms with Gasteiger partial charge in [-0.05, 0) is 49.7 Å². The molecule has 29 heavy (non-hydrogen) atoms. The maximum absolute atomic E-state index is 12.7. The molecule has 0 saturated carbocycles. The van der Waals surface area contributed by atoms with Crippen LogP contribution in [0.1, 0.15) is 21.5 Å². The number of piperazine rings is 1. The van der Waals surface area contributed by atoms with E-state index in [0.717, 1.165) is 17.0 Å². The van der Waals surface area contributed by atoms with Gasteiger partial charge in [-0.3, -0.25) is 9.59 Å². The van der Waals surface area contributed by atoms with Crippen molar-refractivity contribution in [3.05, 3.63) is 59.2 Å². The molecular formula is C23H29N3O3. The first kappa shape index (κ1) is 20.7. The molecule has 6 heteroatoms. The van der Waals surface area contributed by atoms with Gasteiger partial charge in [0.1, 0.15) is 5.75 Å². The van der Waals surface area contributed by atoms with Gasteiger partial charge in [0.05, 0.1) is 0 Å². The van der Waals surface area contributed by atoms with Gasteiger partial charge in [0.25, 0.3) is 11.8 Å². The summed E-state index contributed by atoms with van der Waals surface area (Å²) in [4.78, 5) is 30.8. The van der Waals surface area contributed by atoms with Crippen LogP contribution in [0.15, 0.2) is 42.5 Å². The summed E-state index contributed by atoms with van der Waals surface area (Å²) in [5, 5.41) is 0. The van der Waals surface area contributed by atoms with Crippen molar-refractivity contribution in [1.82, 2.24) is 9.80 Å². The van der Waals surface area contributed by atoms with Crippen LogP contribution >= 0.6 is 0 Å². The lowest BCUT2D eigenvalue weighted by molar-refractivity contribution is -0.134. The minimum absolute atomic E-state index is 0.00827. The standard InChI is InChI=1S/C23H29N3O3/c1-17-5-10-21(18(2)15-17)29-16-22(27)25-11-13-26(14-12-25)23(28)19-6-8-20(9-7-19)24(3)4/h5-10,15H,11-14,16H2,1-4H3. The number of hydrogen-bond donors (Lipinski definition) is 0. The normalized spacial score (nSPS) is 13.9. The summed E-state index contributed by atoms with van der Waals surface area (Å²) >= 11 is 0. The third-order valence-electron chi connectivity index (χ3n) is 5.23. The van der Waals surface area contributed by atoms with Crippen molar-refractivity contribution < 1.29 is 14.3 Å². The molecule has 0 atom stereocenters. The van der Waals surface area contributed by atoms with E-state index in [-0.39, 0.29) is 18.4 Å². The van der Waals surface area contributed by atoms with Crippen molar-refractivity contribution in [3.8, 4) is 5.75 Å². The number of rotatable bonds is 5. The molecule has 0 spiro atoms. The number of hydrogen-bond acceptors (Lipinski definition) is 4. The fourth-order valence-corrected chi connectivity index (χ4v) is 3.44. The Morgan fingerprint density at radius 3 is 2.14 bits per heavy atom. The van der Waals surface area contributed by atoms with Gasteiger partial charge in [-0.2, -0.15) is 0 Å². The molecule has 2 aromatic carbocycles. The van der Waals surface area contributed by atoms with E-state index in [0.29, 0.717) is 31.7 Å². The van der Waals surface area contributed by atoms with Crippen LogP contribution in [0.5, 0.6) is 5.75 Å². The van der Waals surface area contributed by atoms with Crippen LogP contribution in [0.2, 0.25) is 0 Å². The predicted octanol–water partition coefficient (Wildman–Crippen LogP) is 2.73. The van der Waals surface area contributed by atoms with Gasteiger partial charge in [-0.25, -0.2) is 0 Å². The maximum atomic E-state index is 12.7. The lowest BCUT2D eigenvalue weighted by atomic mass is 10.1. The molecule has 1 aliphatic rings. The van der Waals surface area contributed by atoms with E-state index in [9.17, 15) is 9.59 Å². The lowest BCUT2D eigenvalue weighted by Crippen LogP contribution is -2.51. The van der Waals surface area contributed by atoms with E-state index < -0.39 is 0 Å². The molecule has 3 rings (SSSR count). The summed E-state index contributed by atoms with van der Waals surface area (Å²) in [7, 11) is 3.94. The molecule has 154 valence electrons. The Hall–Kier alpha value is -3.02. The van der Waals surface area contributed by atoms with Gasteiger partial charge in [-0.15, -0.1) is 0 Å². The van der Waals surface area contributed by atoms with Crippen LogP contribution < -0.4 is 9.64 Å². The molecule has 0 radical (unpaired) electrons. The van der Waals surface area contributed by atoms with Crippen LogP contribution in [0.4, 0.5) is 5.69 Å². The second-order valence-corrected chi connectivity index (χ2v) is 7.67. The molecule has 2 amide bonds. The first-order valence-corrected chi connectivity index (χ1v) is 9.89. The zero-order valence-electron chi connectivity index (χ0n) is 17.6. The Kier molecular flexibility index (Phi) is 6.42. The summed E-state index contributed by atoms with van der Waals surface area (Å²) in [5.74, 6) is 0.695. The Morgan fingerprint density at radius 1 is 0.931 bits per heavy atom. The average molecular weight is 396 g/mol. The highest BCUT2D eigenvalue weighted by molar-refractivity contribution is 5.94. The highest BCUT2D eigenvalue weighted by Gasteiger charge is 2.25. The number of ether oxygens (including phenoxy) is 1. The number of carbonyl (C=O) groups is 2. The molecular weight excluding hydrogens is 366 g/mol. The fourth-order valence-electron chi connectivity index (χ4n) is 3.44. The van der Waals surface area contributed by atoms with E-state index in [1.807, 2.05) is 75.3 Å². The van der Waals surface area contributed by atoms with E-state index in [2.05, 4.69) is 0 Å². The Labute approximate surface area is 172 Å². The van der Waals surface area contributed by atoms with Crippen molar-refractivity contribution in [2.24, 2.45) is 0 Å². The molecule has 0 N–H and O–H groups in total. The largest absolute Gasteiger partial charge is 0.484 e. The lowest BCUT2D eigenvalue weighted by Gasteiger charge is -2.34. The predicted molar refractivity (Wildman–Crippen MR) is 115 cm³/mol. The molecule has 6 nitrogen and oxygen atoms in total. The molecule has 0 bridgehead atoms. The zero-order chi connectivity index (χ0) is 21.0. The van der Waals surface area contributed by atoms with Gasteiger partial charge < -0.3 is 19.4 Å². The third-order valence-corrected chi connectivity index (χ3v) is 5.23. The molecule has 0 aliphatic carbocycles. The minimum atomic E-state index is -0.0487. The number of amides is 2. The van der Waals surface area contributed by atoms with Crippen LogP contribution in [-0.4, -0.2) is 68.5 Å². The number of anilines is 1. The SMILES string of the molecule is Cc1ccc(OCC(=O)N2CCN(C(=O)c3ccc(N(C)C)cc3)CC2)c(C)c1. The van der Waals surface area contributed by atoms with Crippen LogP contribution in [-0.2, 0) is 4.79 Å². The fraction of sp³-hybridized carbons (Fsp3) is 0.391. The zero-order valence-corrected chi connectivity index (χ0v) is 17.6. The highest BCUT2D eigenvalue weighted by Crippen LogP contribution is 2.19. The first-order chi connectivity index (χ1) is 13.8. The summed E-state index contributed by atoms with van der Waals surface area (Å²) in [6.07, 6.45) is 0. The molecule has 1 heterocycles. The quantitative estimate of drug-likeness (QED) is 0.781. The minimum Gasteiger partial charge on any atom is -0.484 e. The molecule has 2 aromatic rings. The van der Waals surface area contributed by atoms with Crippen molar-refractivity contribution in [1.29, 1.82) is 0 Å². The van der Waals surface area contributed by atoms with Gasteiger partial charge in [0.15, 0.2) is 6.61 Å². The summed E-state index contributed by atoms with van der Waals surface area (Å²) in [6, 6.07) is 13.5. The molecule has 0 unspecified atom stereocenters. The van der Waals surface area contributed by atoms with E-state index in [1.165, 1.54) is 5.56 Å². The third kappa shape index (κ3) is 5.08. The van der Waals surface area contributed by atoms with Gasteiger partial charge in [-0.1, -0.05) is 17.7 Å². The first-order valence-electron chi connectivity index (χ1n) is 9.89. The molecule has 1 fully saturated rings. The van der Waals surface area contributed by atoms with Crippen LogP contribution in [0.25, 0.3) is 0 Å². The average Bonchev–Trinajstić information content (AvgIpc) is 2.72. The summed E-state index contributed by atoms with van der Waals surface area (Å²) in [5.41, 5.74) is 3.92. The van der Waals surface area contributed by atoms with Crippen LogP contribution in [0, 0.1) is 13.8 Å². The molecule has 1 saturated heterocycles. The second kappa shape index (κ2) is 8.99. The Morgan fingerprint density at radius 2 is 1.55 bits per heavy atom. The highest BCUT2D eigenvalue weighted by atomic mass is 16.5. The number of nitrogens with zero attached hydrogens (tertiary/aromatic N) is 3. The monoisotopic (exact) mass is 395 g/mol. The van der Waals surface area contributed by atoms with Crippen LogP contribution in [0.3, 0.4) is 0 Å². The smallest absolute Gasteiger partial charge is 0.260 e. The van der Waals surface area contributed by atoms with E-state index in [1.54, 1.807) is 9.80 Å². The molecule has 0 aromatic heterocycles. The van der Waals surface area contributed by atoms with Gasteiger partial charge in [0, 0.05) is 51.5 Å². The van der Waals surface area contributed by atoms with Gasteiger partial charge in [0.2, 0.25) is 0 Å². The van der Waals surface area contributed by atoms with Gasteiger partial charge >= 0.3 is 0 Å². The van der Waals surface area contributed by atoms with Crippen molar-refractivity contribution in [3.63, 3.8) is 0 Å². The Balaban J connectivity index is 1.50. The van der Waals surface area contributed by atoms with Crippen molar-refractivity contribution >= 4 is 17.5 Å².